The summed E-state index contributed by atoms with van der Waals surface area (Å²) < 4.78 is 0. The van der Waals surface area contributed by atoms with Gasteiger partial charge in [0.2, 0.25) is 0 Å². The summed E-state index contributed by atoms with van der Waals surface area (Å²) in [6, 6.07) is 8.12. The van der Waals surface area contributed by atoms with E-state index in [1.807, 2.05) is 13.0 Å². The zero-order valence-corrected chi connectivity index (χ0v) is 29.6. The minimum absolute atomic E-state index is 0.0184. The van der Waals surface area contributed by atoms with Gasteiger partial charge in [-0.2, -0.15) is 10.4 Å². The van der Waals surface area contributed by atoms with Gasteiger partial charge in [-0.1, -0.05) is 45.4 Å². The average molecular weight is 639 g/mol. The predicted molar refractivity (Wildman–Crippen MR) is 188 cm³/mol. The number of fused-ring (bicyclic) bond motifs is 1. The number of carbonyl (C=O) groups is 1. The van der Waals surface area contributed by atoms with Crippen molar-refractivity contribution < 1.29 is 4.79 Å². The Morgan fingerprint density at radius 2 is 2.00 bits per heavy atom. The van der Waals surface area contributed by atoms with E-state index in [9.17, 15) is 10.1 Å². The molecular formula is C38H54N8O. The summed E-state index contributed by atoms with van der Waals surface area (Å²) >= 11 is 0. The van der Waals surface area contributed by atoms with E-state index in [1.54, 1.807) is 19.0 Å². The van der Waals surface area contributed by atoms with Gasteiger partial charge in [0, 0.05) is 58.2 Å². The Kier molecular flexibility index (Phi) is 11.6. The van der Waals surface area contributed by atoms with Gasteiger partial charge < -0.3 is 14.7 Å². The summed E-state index contributed by atoms with van der Waals surface area (Å²) in [6.07, 6.45) is 12.4. The summed E-state index contributed by atoms with van der Waals surface area (Å²) in [6.45, 7) is 16.5. The number of rotatable bonds is 13. The van der Waals surface area contributed by atoms with Gasteiger partial charge in [-0.05, 0) is 86.5 Å². The molecule has 1 aliphatic carbocycles. The largest absolute Gasteiger partial charge is 0.381 e. The number of aryl methyl sites for hydroxylation is 2. The van der Waals surface area contributed by atoms with Gasteiger partial charge in [0.25, 0.3) is 5.91 Å². The number of nitriles is 1. The molecule has 1 amide bonds. The Hall–Kier alpha value is -4.08. The van der Waals surface area contributed by atoms with Gasteiger partial charge in [0.05, 0.1) is 17.5 Å². The molecule has 0 radical (unpaired) electrons. The summed E-state index contributed by atoms with van der Waals surface area (Å²) in [5, 5.41) is 21.3. The van der Waals surface area contributed by atoms with Gasteiger partial charge in [0.1, 0.15) is 11.9 Å². The summed E-state index contributed by atoms with van der Waals surface area (Å²) in [7, 11) is 7.69. The highest BCUT2D eigenvalue weighted by Gasteiger charge is 2.51. The second kappa shape index (κ2) is 15.2. The molecular weight excluding hydrogens is 584 g/mol. The standard InChI is InChI=1S/C38H54N8O/c1-11-32(40-24-26(4)46-19-13-14-33(46)23-39)22-38(37-41-28(6)42-43-37)34(12-2)29(20-25(3)27(5)44(7)8)15-16-30-21-31(17-18-35(30)38)36(47)45(9)10/h1,17-18,21,25,29,32-34,40H,4-5,12-16,19-20,22,24H2,2-3,6-10H3,(H,41,42,43)/t25?,29-,32+,33?,34?,38?/m0/s1. The molecule has 6 atom stereocenters. The van der Waals surface area contributed by atoms with Crippen molar-refractivity contribution in [3.8, 4) is 18.4 Å². The van der Waals surface area contributed by atoms with Gasteiger partial charge in [-0.15, -0.1) is 6.42 Å². The van der Waals surface area contributed by atoms with Crippen LogP contribution in [-0.4, -0.2) is 89.2 Å². The first kappa shape index (κ1) is 35.8. The van der Waals surface area contributed by atoms with Crippen LogP contribution in [0.2, 0.25) is 0 Å². The van der Waals surface area contributed by atoms with Crippen LogP contribution in [0.1, 0.15) is 85.5 Å². The van der Waals surface area contributed by atoms with E-state index in [1.165, 1.54) is 0 Å². The van der Waals surface area contributed by atoms with Gasteiger partial charge in [-0.25, -0.2) is 4.98 Å². The highest BCUT2D eigenvalue weighted by Crippen LogP contribution is 2.52. The number of hydrogen-bond acceptors (Lipinski definition) is 7. The molecule has 0 spiro atoms. The van der Waals surface area contributed by atoms with Crippen molar-refractivity contribution in [2.75, 3.05) is 41.3 Å². The molecule has 1 fully saturated rings. The first-order valence-corrected chi connectivity index (χ1v) is 17.0. The van der Waals surface area contributed by atoms with Crippen molar-refractivity contribution in [1.29, 1.82) is 5.26 Å². The second-order valence-corrected chi connectivity index (χ2v) is 14.0. The Morgan fingerprint density at radius 3 is 2.60 bits per heavy atom. The Labute approximate surface area is 282 Å². The van der Waals surface area contributed by atoms with Crippen LogP contribution in [0.25, 0.3) is 0 Å². The number of allylic oxidation sites excluding steroid dienone is 1. The molecule has 1 aromatic heterocycles. The van der Waals surface area contributed by atoms with E-state index in [2.05, 4.69) is 85.4 Å². The van der Waals surface area contributed by atoms with Crippen LogP contribution < -0.4 is 5.32 Å². The van der Waals surface area contributed by atoms with Crippen LogP contribution in [0.4, 0.5) is 0 Å². The molecule has 2 aromatic rings. The Balaban J connectivity index is 1.84. The normalized spacial score (nSPS) is 23.5. The smallest absolute Gasteiger partial charge is 0.253 e. The van der Waals surface area contributed by atoms with Gasteiger partial charge >= 0.3 is 0 Å². The molecule has 1 saturated heterocycles. The Morgan fingerprint density at radius 1 is 1.26 bits per heavy atom. The first-order chi connectivity index (χ1) is 22.4. The minimum atomic E-state index is -0.636. The van der Waals surface area contributed by atoms with Crippen LogP contribution >= 0.6 is 0 Å². The zero-order valence-electron chi connectivity index (χ0n) is 29.6. The summed E-state index contributed by atoms with van der Waals surface area (Å²) in [4.78, 5) is 24.0. The number of hydrogen-bond donors (Lipinski definition) is 2. The van der Waals surface area contributed by atoms with Crippen molar-refractivity contribution in [3.05, 3.63) is 71.1 Å². The fraction of sp³-hybridized carbons (Fsp3) is 0.579. The van der Waals surface area contributed by atoms with Crippen molar-refractivity contribution in [1.82, 2.24) is 35.2 Å². The molecule has 0 bridgehead atoms. The summed E-state index contributed by atoms with van der Waals surface area (Å²) in [5.41, 5.74) is 4.32. The molecule has 9 nitrogen and oxygen atoms in total. The van der Waals surface area contributed by atoms with Gasteiger partial charge in [-0.3, -0.25) is 15.2 Å². The van der Waals surface area contributed by atoms with Crippen LogP contribution in [-0.2, 0) is 11.8 Å². The number of nitrogens with zero attached hydrogens (tertiary/aromatic N) is 6. The molecule has 252 valence electrons. The molecule has 47 heavy (non-hydrogen) atoms. The number of aromatic nitrogens is 3. The molecule has 2 heterocycles. The quantitative estimate of drug-likeness (QED) is 0.228. The molecule has 2 aliphatic rings. The second-order valence-electron chi connectivity index (χ2n) is 14.0. The summed E-state index contributed by atoms with van der Waals surface area (Å²) in [5.74, 6) is 5.30. The van der Waals surface area contributed by atoms with E-state index in [-0.39, 0.29) is 29.8 Å². The number of carbonyl (C=O) groups excluding carboxylic acids is 1. The fourth-order valence-corrected chi connectivity index (χ4v) is 8.08. The van der Waals surface area contributed by atoms with Crippen molar-refractivity contribution in [2.45, 2.75) is 83.2 Å². The number of H-pyrrole nitrogens is 1. The molecule has 9 heteroatoms. The maximum Gasteiger partial charge on any atom is 0.253 e. The van der Waals surface area contributed by atoms with Crippen LogP contribution in [0.15, 0.2) is 42.8 Å². The SMILES string of the molecule is C#C[C@H](CC1(c2n[nH]c(C)n2)c2ccc(C(=O)N(C)C)cc2CC[C@@H](CC(C)C(=C)N(C)C)C1CC)NCC(=C)N1CCCC1C#N. The Bertz CT molecular complexity index is 1530. The molecule has 4 unspecified atom stereocenters. The van der Waals surface area contributed by atoms with Gasteiger partial charge in [0.15, 0.2) is 5.82 Å². The maximum absolute atomic E-state index is 13.2. The van der Waals surface area contributed by atoms with Crippen LogP contribution in [0.5, 0.6) is 0 Å². The lowest BCUT2D eigenvalue weighted by Gasteiger charge is -2.44. The fourth-order valence-electron chi connectivity index (χ4n) is 8.08. The van der Waals surface area contributed by atoms with E-state index in [4.69, 9.17) is 16.5 Å². The molecule has 2 N–H and O–H groups in total. The topological polar surface area (TPSA) is 104 Å². The number of nitrogens with one attached hydrogen (secondary N) is 2. The molecule has 1 aromatic carbocycles. The highest BCUT2D eigenvalue weighted by molar-refractivity contribution is 5.94. The first-order valence-electron chi connectivity index (χ1n) is 17.0. The number of likely N-dealkylation sites (tertiary alicyclic amines) is 1. The lowest BCUT2D eigenvalue weighted by atomic mass is 9.60. The van der Waals surface area contributed by atoms with E-state index < -0.39 is 5.41 Å². The van der Waals surface area contributed by atoms with E-state index >= 15 is 0 Å². The number of benzene rings is 1. The van der Waals surface area contributed by atoms with Crippen LogP contribution in [0.3, 0.4) is 0 Å². The van der Waals surface area contributed by atoms with Crippen molar-refractivity contribution >= 4 is 5.91 Å². The van der Waals surface area contributed by atoms with Crippen molar-refractivity contribution in [2.24, 2.45) is 17.8 Å². The van der Waals surface area contributed by atoms with Crippen LogP contribution in [0, 0.1) is 48.4 Å². The molecule has 1 aliphatic heterocycles. The molecule has 0 saturated carbocycles. The lowest BCUT2D eigenvalue weighted by Crippen LogP contribution is -2.47. The third kappa shape index (κ3) is 7.41. The number of terminal acetylenes is 1. The average Bonchev–Trinajstić information content (AvgIpc) is 3.70. The maximum atomic E-state index is 13.2. The predicted octanol–water partition coefficient (Wildman–Crippen LogP) is 5.27. The highest BCUT2D eigenvalue weighted by atomic mass is 16.2. The van der Waals surface area contributed by atoms with E-state index in [0.717, 1.165) is 79.2 Å². The van der Waals surface area contributed by atoms with Crippen molar-refractivity contribution in [3.63, 3.8) is 0 Å². The third-order valence-corrected chi connectivity index (χ3v) is 10.5. The molecule has 4 rings (SSSR count). The number of aromatic amines is 1. The minimum Gasteiger partial charge on any atom is -0.381 e. The number of amides is 1. The zero-order chi connectivity index (χ0) is 34.5. The monoisotopic (exact) mass is 638 g/mol. The lowest BCUT2D eigenvalue weighted by molar-refractivity contribution is 0.0827. The third-order valence-electron chi connectivity index (χ3n) is 10.5. The van der Waals surface area contributed by atoms with E-state index in [0.29, 0.717) is 24.4 Å².